The maximum Gasteiger partial charge on any atom is 0.407 e. The Hall–Kier alpha value is -3.06. The molecular weight excluding hydrogens is 435 g/mol. The van der Waals surface area contributed by atoms with Gasteiger partial charge in [-0.2, -0.15) is 0 Å². The number of nitrogens with zero attached hydrogens (tertiary/aromatic N) is 1. The fraction of sp³-hybridized carbons (Fsp3) is 0.333. The van der Waals surface area contributed by atoms with E-state index < -0.39 is 17.9 Å². The van der Waals surface area contributed by atoms with Crippen LogP contribution in [0.2, 0.25) is 5.02 Å². The zero-order chi connectivity index (χ0) is 22.7. The summed E-state index contributed by atoms with van der Waals surface area (Å²) in [5.41, 5.74) is 2.98. The molecule has 1 amide bonds. The summed E-state index contributed by atoms with van der Waals surface area (Å²) in [6.07, 6.45) is 1.09. The molecule has 0 fully saturated rings. The summed E-state index contributed by atoms with van der Waals surface area (Å²) in [7, 11) is 0. The molecule has 0 bridgehead atoms. The molecule has 8 heteroatoms. The third-order valence-corrected chi connectivity index (χ3v) is 5.94. The molecule has 1 heterocycles. The highest BCUT2D eigenvalue weighted by molar-refractivity contribution is 6.35. The van der Waals surface area contributed by atoms with Gasteiger partial charge in [-0.05, 0) is 49.4 Å². The van der Waals surface area contributed by atoms with Crippen LogP contribution in [0, 0.1) is 5.82 Å². The monoisotopic (exact) mass is 458 g/mol. The van der Waals surface area contributed by atoms with E-state index in [-0.39, 0.29) is 25.8 Å². The molecule has 168 valence electrons. The number of benzene rings is 2. The third-order valence-electron chi connectivity index (χ3n) is 5.63. The van der Waals surface area contributed by atoms with Gasteiger partial charge in [-0.3, -0.25) is 4.79 Å². The van der Waals surface area contributed by atoms with Crippen molar-refractivity contribution in [2.75, 3.05) is 6.61 Å². The van der Waals surface area contributed by atoms with Crippen molar-refractivity contribution >= 4 is 34.6 Å². The fourth-order valence-corrected chi connectivity index (χ4v) is 4.52. The van der Waals surface area contributed by atoms with Gasteiger partial charge in [0.05, 0.1) is 17.1 Å². The number of ether oxygens (including phenoxy) is 2. The van der Waals surface area contributed by atoms with E-state index in [0.717, 1.165) is 16.8 Å². The number of halogens is 2. The van der Waals surface area contributed by atoms with Crippen LogP contribution in [-0.2, 0) is 40.3 Å². The number of amides is 1. The van der Waals surface area contributed by atoms with Crippen LogP contribution in [0.1, 0.15) is 30.2 Å². The SMILES string of the molecule is CCOC(=O)Cn1c2c(c3c(F)ccc(Cl)c31)CC(NC(=O)OCc1ccccc1)CC2. The number of carbonyl (C=O) groups excluding carboxylic acids is 2. The lowest BCUT2D eigenvalue weighted by molar-refractivity contribution is -0.143. The molecule has 0 saturated heterocycles. The van der Waals surface area contributed by atoms with E-state index in [1.807, 2.05) is 30.3 Å². The number of carbonyl (C=O) groups is 2. The van der Waals surface area contributed by atoms with Crippen molar-refractivity contribution in [2.24, 2.45) is 0 Å². The molecule has 32 heavy (non-hydrogen) atoms. The van der Waals surface area contributed by atoms with Gasteiger partial charge in [-0.25, -0.2) is 9.18 Å². The van der Waals surface area contributed by atoms with Crippen LogP contribution in [0.4, 0.5) is 9.18 Å². The van der Waals surface area contributed by atoms with Gasteiger partial charge in [-0.1, -0.05) is 41.9 Å². The number of alkyl carbamates (subject to hydrolysis) is 1. The largest absolute Gasteiger partial charge is 0.465 e. The Balaban J connectivity index is 1.55. The highest BCUT2D eigenvalue weighted by Crippen LogP contribution is 2.37. The van der Waals surface area contributed by atoms with Crippen molar-refractivity contribution in [3.05, 3.63) is 70.1 Å². The molecule has 1 aromatic heterocycles. The van der Waals surface area contributed by atoms with Crippen molar-refractivity contribution in [1.82, 2.24) is 9.88 Å². The van der Waals surface area contributed by atoms with Crippen molar-refractivity contribution in [3.8, 4) is 0 Å². The zero-order valence-corrected chi connectivity index (χ0v) is 18.5. The number of hydrogen-bond donors (Lipinski definition) is 1. The fourth-order valence-electron chi connectivity index (χ4n) is 4.26. The van der Waals surface area contributed by atoms with Gasteiger partial charge in [0, 0.05) is 17.1 Å². The molecular formula is C24H24ClFN2O4. The van der Waals surface area contributed by atoms with Gasteiger partial charge in [0.25, 0.3) is 0 Å². The predicted octanol–water partition coefficient (Wildman–Crippen LogP) is 4.78. The van der Waals surface area contributed by atoms with Crippen LogP contribution < -0.4 is 5.32 Å². The van der Waals surface area contributed by atoms with Crippen LogP contribution in [-0.4, -0.2) is 29.3 Å². The summed E-state index contributed by atoms with van der Waals surface area (Å²) in [4.78, 5) is 24.5. The van der Waals surface area contributed by atoms with E-state index in [0.29, 0.717) is 35.2 Å². The second-order valence-corrected chi connectivity index (χ2v) is 8.12. The average Bonchev–Trinajstić information content (AvgIpc) is 3.10. The van der Waals surface area contributed by atoms with E-state index in [9.17, 15) is 14.0 Å². The van der Waals surface area contributed by atoms with Crippen LogP contribution in [0.25, 0.3) is 10.9 Å². The summed E-state index contributed by atoms with van der Waals surface area (Å²) < 4.78 is 27.0. The van der Waals surface area contributed by atoms with Gasteiger partial charge >= 0.3 is 12.1 Å². The second-order valence-electron chi connectivity index (χ2n) is 7.72. The molecule has 0 radical (unpaired) electrons. The van der Waals surface area contributed by atoms with Gasteiger partial charge < -0.3 is 19.4 Å². The summed E-state index contributed by atoms with van der Waals surface area (Å²) in [5.74, 6) is -0.812. The van der Waals surface area contributed by atoms with Crippen molar-refractivity contribution < 1.29 is 23.5 Å². The first-order chi connectivity index (χ1) is 15.5. The van der Waals surface area contributed by atoms with Gasteiger partial charge in [0.2, 0.25) is 0 Å². The van der Waals surface area contributed by atoms with Crippen LogP contribution in [0.5, 0.6) is 0 Å². The van der Waals surface area contributed by atoms with Crippen molar-refractivity contribution in [3.63, 3.8) is 0 Å². The van der Waals surface area contributed by atoms with E-state index in [2.05, 4.69) is 5.32 Å². The van der Waals surface area contributed by atoms with Gasteiger partial charge in [0.15, 0.2) is 0 Å². The number of rotatable bonds is 6. The van der Waals surface area contributed by atoms with E-state index in [1.165, 1.54) is 12.1 Å². The molecule has 4 rings (SSSR count). The number of fused-ring (bicyclic) bond motifs is 3. The lowest BCUT2D eigenvalue weighted by Gasteiger charge is -2.24. The first-order valence-electron chi connectivity index (χ1n) is 10.6. The molecule has 6 nitrogen and oxygen atoms in total. The lowest BCUT2D eigenvalue weighted by atomic mass is 9.91. The van der Waals surface area contributed by atoms with E-state index in [4.69, 9.17) is 21.1 Å². The Kier molecular flexibility index (Phi) is 6.65. The van der Waals surface area contributed by atoms with Crippen LogP contribution >= 0.6 is 11.6 Å². The first-order valence-corrected chi connectivity index (χ1v) is 11.0. The lowest BCUT2D eigenvalue weighted by Crippen LogP contribution is -2.39. The molecule has 1 atom stereocenters. The first kappa shape index (κ1) is 22.1. The number of esters is 1. The molecule has 2 aromatic carbocycles. The highest BCUT2D eigenvalue weighted by atomic mass is 35.5. The number of aromatic nitrogens is 1. The topological polar surface area (TPSA) is 69.6 Å². The maximum absolute atomic E-state index is 14.9. The summed E-state index contributed by atoms with van der Waals surface area (Å²) in [5, 5.41) is 3.64. The Labute approximate surface area is 190 Å². The Morgan fingerprint density at radius 1 is 1.19 bits per heavy atom. The number of hydrogen-bond acceptors (Lipinski definition) is 4. The van der Waals surface area contributed by atoms with E-state index in [1.54, 1.807) is 11.5 Å². The molecule has 3 aromatic rings. The van der Waals surface area contributed by atoms with Crippen molar-refractivity contribution in [2.45, 2.75) is 45.4 Å². The normalized spacial score (nSPS) is 15.3. The Morgan fingerprint density at radius 2 is 1.97 bits per heavy atom. The molecule has 1 aliphatic rings. The Bertz CT molecular complexity index is 1150. The molecule has 0 saturated carbocycles. The predicted molar refractivity (Wildman–Crippen MR) is 119 cm³/mol. The van der Waals surface area contributed by atoms with Gasteiger partial charge in [0.1, 0.15) is 19.0 Å². The summed E-state index contributed by atoms with van der Waals surface area (Å²) >= 11 is 6.41. The van der Waals surface area contributed by atoms with Crippen LogP contribution in [0.15, 0.2) is 42.5 Å². The minimum absolute atomic E-state index is 0.0416. The second kappa shape index (κ2) is 9.61. The molecule has 0 spiro atoms. The molecule has 1 aliphatic carbocycles. The maximum atomic E-state index is 14.9. The minimum Gasteiger partial charge on any atom is -0.465 e. The number of nitrogens with one attached hydrogen (secondary N) is 1. The summed E-state index contributed by atoms with van der Waals surface area (Å²) in [6.45, 7) is 2.13. The smallest absolute Gasteiger partial charge is 0.407 e. The minimum atomic E-state index is -0.518. The molecule has 1 unspecified atom stereocenters. The highest BCUT2D eigenvalue weighted by Gasteiger charge is 2.30. The van der Waals surface area contributed by atoms with Crippen LogP contribution in [0.3, 0.4) is 0 Å². The molecule has 1 N–H and O–H groups in total. The standard InChI is InChI=1S/C24H24ClFN2O4/c1-2-31-21(29)13-28-20-11-8-16(27-24(30)32-14-15-6-4-3-5-7-15)12-17(20)22-19(26)10-9-18(25)23(22)28/h3-7,9-10,16H,2,8,11-14H2,1H3,(H,27,30). The van der Waals surface area contributed by atoms with E-state index >= 15 is 0 Å². The van der Waals surface area contributed by atoms with Gasteiger partial charge in [-0.15, -0.1) is 0 Å². The molecule has 0 aliphatic heterocycles. The third kappa shape index (κ3) is 4.58. The van der Waals surface area contributed by atoms with Crippen molar-refractivity contribution in [1.29, 1.82) is 0 Å². The summed E-state index contributed by atoms with van der Waals surface area (Å²) in [6, 6.07) is 12.0. The Morgan fingerprint density at radius 3 is 2.72 bits per heavy atom. The quantitative estimate of drug-likeness (QED) is 0.540. The average molecular weight is 459 g/mol. The zero-order valence-electron chi connectivity index (χ0n) is 17.7.